The third-order valence-corrected chi connectivity index (χ3v) is 4.84. The molecule has 9 heteroatoms. The normalized spacial score (nSPS) is 11.8. The van der Waals surface area contributed by atoms with Crippen LogP contribution in [0, 0.1) is 0 Å². The molecule has 9 nitrogen and oxygen atoms in total. The Balaban J connectivity index is 1.36. The monoisotopic (exact) mass is 461 g/mol. The summed E-state index contributed by atoms with van der Waals surface area (Å²) in [6, 6.07) is 17.5. The quantitative estimate of drug-likeness (QED) is 0.391. The van der Waals surface area contributed by atoms with Crippen molar-refractivity contribution in [2.24, 2.45) is 5.10 Å². The SMILES string of the molecule is COc1cc(C=NNC(=O)c2cccc(NC(C)=O)c2)ccc1OCc1ccc2c(c1)OCO2. The highest BCUT2D eigenvalue weighted by Gasteiger charge is 2.14. The van der Waals surface area contributed by atoms with Gasteiger partial charge in [-0.15, -0.1) is 0 Å². The van der Waals surface area contributed by atoms with Crippen molar-refractivity contribution in [2.75, 3.05) is 19.2 Å². The molecule has 2 amide bonds. The lowest BCUT2D eigenvalue weighted by Gasteiger charge is -2.11. The first-order chi connectivity index (χ1) is 16.5. The summed E-state index contributed by atoms with van der Waals surface area (Å²) in [6.45, 7) is 1.95. The maximum absolute atomic E-state index is 12.3. The van der Waals surface area contributed by atoms with Gasteiger partial charge >= 0.3 is 0 Å². The zero-order chi connectivity index (χ0) is 23.9. The van der Waals surface area contributed by atoms with Gasteiger partial charge in [0.25, 0.3) is 5.91 Å². The van der Waals surface area contributed by atoms with Crippen LogP contribution in [-0.4, -0.2) is 31.9 Å². The Hall–Kier alpha value is -4.53. The summed E-state index contributed by atoms with van der Waals surface area (Å²) < 4.78 is 22.1. The molecular formula is C25H23N3O6. The van der Waals surface area contributed by atoms with Crippen LogP contribution in [0.5, 0.6) is 23.0 Å². The van der Waals surface area contributed by atoms with E-state index in [9.17, 15) is 9.59 Å². The number of hydrogen-bond donors (Lipinski definition) is 2. The fourth-order valence-electron chi connectivity index (χ4n) is 3.25. The lowest BCUT2D eigenvalue weighted by molar-refractivity contribution is -0.114. The summed E-state index contributed by atoms with van der Waals surface area (Å²) in [5.74, 6) is 1.89. The maximum atomic E-state index is 12.3. The number of nitrogens with zero attached hydrogens (tertiary/aromatic N) is 1. The Morgan fingerprint density at radius 2 is 1.88 bits per heavy atom. The van der Waals surface area contributed by atoms with E-state index in [0.29, 0.717) is 40.7 Å². The van der Waals surface area contributed by atoms with Crippen LogP contribution in [0.15, 0.2) is 65.8 Å². The van der Waals surface area contributed by atoms with Crippen molar-refractivity contribution in [1.29, 1.82) is 0 Å². The van der Waals surface area contributed by atoms with Crippen LogP contribution >= 0.6 is 0 Å². The van der Waals surface area contributed by atoms with Crippen molar-refractivity contribution in [1.82, 2.24) is 5.43 Å². The molecule has 0 aromatic heterocycles. The molecule has 0 fully saturated rings. The summed E-state index contributed by atoms with van der Waals surface area (Å²) >= 11 is 0. The first-order valence-electron chi connectivity index (χ1n) is 10.4. The average molecular weight is 461 g/mol. The zero-order valence-electron chi connectivity index (χ0n) is 18.7. The number of methoxy groups -OCH3 is 1. The minimum Gasteiger partial charge on any atom is -0.493 e. The third-order valence-electron chi connectivity index (χ3n) is 4.84. The Kier molecular flexibility index (Phi) is 6.92. The molecule has 0 spiro atoms. The Morgan fingerprint density at radius 1 is 1.03 bits per heavy atom. The molecule has 34 heavy (non-hydrogen) atoms. The van der Waals surface area contributed by atoms with Gasteiger partial charge in [-0.1, -0.05) is 12.1 Å². The molecular weight excluding hydrogens is 438 g/mol. The summed E-state index contributed by atoms with van der Waals surface area (Å²) in [4.78, 5) is 23.5. The number of benzene rings is 3. The highest BCUT2D eigenvalue weighted by atomic mass is 16.7. The van der Waals surface area contributed by atoms with E-state index in [1.807, 2.05) is 18.2 Å². The molecule has 0 saturated carbocycles. The van der Waals surface area contributed by atoms with Gasteiger partial charge in [-0.3, -0.25) is 9.59 Å². The lowest BCUT2D eigenvalue weighted by Crippen LogP contribution is -2.18. The molecule has 2 N–H and O–H groups in total. The van der Waals surface area contributed by atoms with Crippen molar-refractivity contribution in [2.45, 2.75) is 13.5 Å². The number of hydrogen-bond acceptors (Lipinski definition) is 7. The lowest BCUT2D eigenvalue weighted by atomic mass is 10.2. The number of rotatable bonds is 8. The number of carbonyl (C=O) groups is 2. The molecule has 1 aliphatic rings. The second-order valence-electron chi connectivity index (χ2n) is 7.35. The molecule has 3 aromatic rings. The fraction of sp³-hybridized carbons (Fsp3) is 0.160. The number of nitrogens with one attached hydrogen (secondary N) is 2. The van der Waals surface area contributed by atoms with Crippen LogP contribution in [0.2, 0.25) is 0 Å². The topological polar surface area (TPSA) is 107 Å². The van der Waals surface area contributed by atoms with Crippen LogP contribution in [0.25, 0.3) is 0 Å². The van der Waals surface area contributed by atoms with Gasteiger partial charge in [0.05, 0.1) is 13.3 Å². The second kappa shape index (κ2) is 10.4. The van der Waals surface area contributed by atoms with Crippen molar-refractivity contribution in [3.05, 3.63) is 77.4 Å². The van der Waals surface area contributed by atoms with E-state index in [-0.39, 0.29) is 12.7 Å². The minimum atomic E-state index is -0.404. The van der Waals surface area contributed by atoms with Crippen LogP contribution in [0.4, 0.5) is 5.69 Å². The van der Waals surface area contributed by atoms with Gasteiger partial charge in [0.2, 0.25) is 12.7 Å². The second-order valence-corrected chi connectivity index (χ2v) is 7.35. The van der Waals surface area contributed by atoms with Crippen LogP contribution in [0.3, 0.4) is 0 Å². The van der Waals surface area contributed by atoms with Gasteiger partial charge in [-0.25, -0.2) is 5.43 Å². The maximum Gasteiger partial charge on any atom is 0.271 e. The summed E-state index contributed by atoms with van der Waals surface area (Å²) in [6.07, 6.45) is 1.50. The Labute approximate surface area is 196 Å². The summed E-state index contributed by atoms with van der Waals surface area (Å²) in [7, 11) is 1.55. The largest absolute Gasteiger partial charge is 0.493 e. The van der Waals surface area contributed by atoms with Crippen LogP contribution < -0.4 is 29.7 Å². The summed E-state index contributed by atoms with van der Waals surface area (Å²) in [5.41, 5.74) is 5.01. The Morgan fingerprint density at radius 3 is 2.71 bits per heavy atom. The molecule has 4 rings (SSSR count). The van der Waals surface area contributed by atoms with Crippen molar-refractivity contribution < 1.29 is 28.5 Å². The van der Waals surface area contributed by atoms with Crippen molar-refractivity contribution >= 4 is 23.7 Å². The molecule has 0 atom stereocenters. The number of carbonyl (C=O) groups excluding carboxylic acids is 2. The molecule has 0 unspecified atom stereocenters. The van der Waals surface area contributed by atoms with E-state index in [4.69, 9.17) is 18.9 Å². The van der Waals surface area contributed by atoms with Gasteiger partial charge in [0.15, 0.2) is 23.0 Å². The number of hydrazone groups is 1. The van der Waals surface area contributed by atoms with Gasteiger partial charge in [0.1, 0.15) is 6.61 Å². The van der Waals surface area contributed by atoms with Gasteiger partial charge in [-0.2, -0.15) is 5.10 Å². The first-order valence-corrected chi connectivity index (χ1v) is 10.4. The van der Waals surface area contributed by atoms with Crippen LogP contribution in [0.1, 0.15) is 28.4 Å². The van der Waals surface area contributed by atoms with E-state index in [1.165, 1.54) is 13.1 Å². The van der Waals surface area contributed by atoms with E-state index in [2.05, 4.69) is 15.8 Å². The number of anilines is 1. The predicted octanol–water partition coefficient (Wildman–Crippen LogP) is 3.73. The molecule has 0 radical (unpaired) electrons. The molecule has 3 aromatic carbocycles. The van der Waals surface area contributed by atoms with Gasteiger partial charge in [0, 0.05) is 18.2 Å². The van der Waals surface area contributed by atoms with Crippen molar-refractivity contribution in [3.63, 3.8) is 0 Å². The highest BCUT2D eigenvalue weighted by molar-refractivity contribution is 5.97. The molecule has 0 saturated heterocycles. The smallest absolute Gasteiger partial charge is 0.271 e. The molecule has 174 valence electrons. The van der Waals surface area contributed by atoms with Gasteiger partial charge < -0.3 is 24.3 Å². The third kappa shape index (κ3) is 5.63. The standard InChI is InChI=1S/C25H23N3O6/c1-16(29)27-20-5-3-4-19(12-20)25(30)28-26-13-17-6-8-21(23(10-17)31-2)32-14-18-7-9-22-24(11-18)34-15-33-22/h3-13H,14-15H2,1-2H3,(H,27,29)(H,28,30). The fourth-order valence-corrected chi connectivity index (χ4v) is 3.25. The molecule has 0 bridgehead atoms. The number of fused-ring (bicyclic) bond motifs is 1. The predicted molar refractivity (Wildman–Crippen MR) is 126 cm³/mol. The first kappa shape index (κ1) is 22.7. The van der Waals surface area contributed by atoms with E-state index < -0.39 is 5.91 Å². The summed E-state index contributed by atoms with van der Waals surface area (Å²) in [5, 5.41) is 6.64. The van der Waals surface area contributed by atoms with Crippen molar-refractivity contribution in [3.8, 4) is 23.0 Å². The molecule has 1 aliphatic heterocycles. The van der Waals surface area contributed by atoms with Gasteiger partial charge in [-0.05, 0) is 59.7 Å². The molecule has 1 heterocycles. The number of ether oxygens (including phenoxy) is 4. The highest BCUT2D eigenvalue weighted by Crippen LogP contribution is 2.33. The van der Waals surface area contributed by atoms with E-state index >= 15 is 0 Å². The average Bonchev–Trinajstić information content (AvgIpc) is 3.30. The van der Waals surface area contributed by atoms with Crippen LogP contribution in [-0.2, 0) is 11.4 Å². The zero-order valence-corrected chi connectivity index (χ0v) is 18.7. The van der Waals surface area contributed by atoms with E-state index in [1.54, 1.807) is 49.6 Å². The minimum absolute atomic E-state index is 0.215. The Bertz CT molecular complexity index is 1240. The van der Waals surface area contributed by atoms with E-state index in [0.717, 1.165) is 11.3 Å². The molecule has 0 aliphatic carbocycles. The number of amides is 2.